The summed E-state index contributed by atoms with van der Waals surface area (Å²) in [7, 11) is 0. The first-order chi connectivity index (χ1) is 8.31. The van der Waals surface area contributed by atoms with E-state index in [2.05, 4.69) is 0 Å². The Kier molecular flexibility index (Phi) is 4.99. The zero-order valence-corrected chi connectivity index (χ0v) is 11.4. The summed E-state index contributed by atoms with van der Waals surface area (Å²) in [5.74, 6) is -0.942. The molecule has 1 amide bonds. The number of carboxylic acids is 1. The lowest BCUT2D eigenvalue weighted by Gasteiger charge is -2.32. The second-order valence-corrected chi connectivity index (χ2v) is 5.73. The normalized spacial score (nSPS) is 21.9. The third-order valence-electron chi connectivity index (χ3n) is 2.92. The molecule has 0 radical (unpaired) electrons. The average Bonchev–Trinajstić information content (AvgIpc) is 2.12. The van der Waals surface area contributed by atoms with Gasteiger partial charge in [-0.05, 0) is 33.6 Å². The van der Waals surface area contributed by atoms with Crippen molar-refractivity contribution in [1.29, 1.82) is 0 Å². The lowest BCUT2D eigenvalue weighted by Crippen LogP contribution is -2.48. The van der Waals surface area contributed by atoms with E-state index in [4.69, 9.17) is 4.74 Å². The topological polar surface area (TPSA) is 66.8 Å². The Bertz CT molecular complexity index is 309. The van der Waals surface area contributed by atoms with E-state index in [1.807, 2.05) is 0 Å². The number of hydrogen-bond donors (Lipinski definition) is 1. The first-order valence-electron chi connectivity index (χ1n) is 6.54. The zero-order chi connectivity index (χ0) is 13.8. The van der Waals surface area contributed by atoms with Crippen LogP contribution in [0.2, 0.25) is 0 Å². The van der Waals surface area contributed by atoms with Crippen LogP contribution in [0.4, 0.5) is 4.79 Å². The second kappa shape index (κ2) is 6.07. The summed E-state index contributed by atoms with van der Waals surface area (Å²) in [6.07, 6.45) is 3.74. The molecule has 1 N–H and O–H groups in total. The van der Waals surface area contributed by atoms with E-state index in [0.29, 0.717) is 13.0 Å². The molecule has 0 aromatic heterocycles. The van der Waals surface area contributed by atoms with Crippen molar-refractivity contribution in [3.05, 3.63) is 0 Å². The van der Waals surface area contributed by atoms with Crippen LogP contribution in [0.15, 0.2) is 0 Å². The molecule has 0 aliphatic carbocycles. The summed E-state index contributed by atoms with van der Waals surface area (Å²) in [6, 6.07) is -0.750. The molecule has 0 saturated carbocycles. The molecule has 104 valence electrons. The molecular weight excluding hydrogens is 234 g/mol. The fraction of sp³-hybridized carbons (Fsp3) is 0.846. The lowest BCUT2D eigenvalue weighted by molar-refractivity contribution is -0.143. The van der Waals surface area contributed by atoms with Crippen molar-refractivity contribution in [2.75, 3.05) is 6.54 Å². The van der Waals surface area contributed by atoms with Crippen molar-refractivity contribution in [3.63, 3.8) is 0 Å². The molecule has 0 aromatic carbocycles. The Morgan fingerprint density at radius 3 is 2.33 bits per heavy atom. The molecule has 0 aromatic rings. The van der Waals surface area contributed by atoms with Crippen LogP contribution in [0.5, 0.6) is 0 Å². The van der Waals surface area contributed by atoms with E-state index in [1.165, 1.54) is 4.90 Å². The summed E-state index contributed by atoms with van der Waals surface area (Å²) in [5.41, 5.74) is -0.595. The number of amides is 1. The van der Waals surface area contributed by atoms with Gasteiger partial charge in [-0.25, -0.2) is 9.59 Å². The van der Waals surface area contributed by atoms with Gasteiger partial charge in [-0.3, -0.25) is 4.90 Å². The Labute approximate surface area is 108 Å². The number of likely N-dealkylation sites (tertiary alicyclic amines) is 1. The predicted molar refractivity (Wildman–Crippen MR) is 67.4 cm³/mol. The minimum Gasteiger partial charge on any atom is -0.480 e. The highest BCUT2D eigenvalue weighted by Crippen LogP contribution is 2.20. The molecule has 0 bridgehead atoms. The van der Waals surface area contributed by atoms with Gasteiger partial charge in [0.15, 0.2) is 0 Å². The first kappa shape index (κ1) is 14.8. The Hall–Kier alpha value is -1.26. The molecule has 1 saturated heterocycles. The van der Waals surface area contributed by atoms with Gasteiger partial charge in [0.1, 0.15) is 11.6 Å². The molecule has 1 aliphatic rings. The second-order valence-electron chi connectivity index (χ2n) is 5.73. The zero-order valence-electron chi connectivity index (χ0n) is 11.4. The van der Waals surface area contributed by atoms with Crippen LogP contribution in [-0.2, 0) is 9.53 Å². The van der Waals surface area contributed by atoms with Gasteiger partial charge in [0.05, 0.1) is 0 Å². The van der Waals surface area contributed by atoms with Crippen molar-refractivity contribution in [1.82, 2.24) is 4.90 Å². The van der Waals surface area contributed by atoms with Gasteiger partial charge in [-0.15, -0.1) is 0 Å². The highest BCUT2D eigenvalue weighted by Gasteiger charge is 2.32. The maximum absolute atomic E-state index is 12.0. The molecule has 18 heavy (non-hydrogen) atoms. The van der Waals surface area contributed by atoms with Gasteiger partial charge < -0.3 is 9.84 Å². The molecule has 0 spiro atoms. The summed E-state index contributed by atoms with van der Waals surface area (Å²) >= 11 is 0. The number of nitrogens with zero attached hydrogens (tertiary/aromatic N) is 1. The van der Waals surface area contributed by atoms with E-state index in [0.717, 1.165) is 25.7 Å². The summed E-state index contributed by atoms with van der Waals surface area (Å²) in [6.45, 7) is 5.81. The number of hydrogen-bond acceptors (Lipinski definition) is 3. The van der Waals surface area contributed by atoms with Crippen LogP contribution in [0.3, 0.4) is 0 Å². The third-order valence-corrected chi connectivity index (χ3v) is 2.92. The number of carbonyl (C=O) groups is 2. The minimum absolute atomic E-state index is 0.464. The maximum atomic E-state index is 12.0. The highest BCUT2D eigenvalue weighted by atomic mass is 16.6. The van der Waals surface area contributed by atoms with Crippen LogP contribution < -0.4 is 0 Å². The third kappa shape index (κ3) is 4.55. The van der Waals surface area contributed by atoms with Crippen LogP contribution in [0.1, 0.15) is 52.9 Å². The van der Waals surface area contributed by atoms with E-state index in [-0.39, 0.29) is 0 Å². The number of aliphatic carboxylic acids is 1. The van der Waals surface area contributed by atoms with Gasteiger partial charge in [-0.2, -0.15) is 0 Å². The predicted octanol–water partition coefficient (Wildman–Crippen LogP) is 2.64. The molecule has 1 heterocycles. The number of ether oxygens (including phenoxy) is 1. The fourth-order valence-corrected chi connectivity index (χ4v) is 2.08. The van der Waals surface area contributed by atoms with E-state index < -0.39 is 23.7 Å². The first-order valence-corrected chi connectivity index (χ1v) is 6.54. The van der Waals surface area contributed by atoms with Gasteiger partial charge in [0.25, 0.3) is 0 Å². The monoisotopic (exact) mass is 257 g/mol. The fourth-order valence-electron chi connectivity index (χ4n) is 2.08. The van der Waals surface area contributed by atoms with Crippen LogP contribution >= 0.6 is 0 Å². The van der Waals surface area contributed by atoms with E-state index in [1.54, 1.807) is 20.8 Å². The highest BCUT2D eigenvalue weighted by molar-refractivity contribution is 5.80. The SMILES string of the molecule is CC(C)(C)OC(=O)N1CCCCCCC1C(=O)O. The summed E-state index contributed by atoms with van der Waals surface area (Å²) in [4.78, 5) is 24.7. The number of carboxylic acid groups (broad SMARTS) is 1. The van der Waals surface area contributed by atoms with Gasteiger partial charge in [0, 0.05) is 6.54 Å². The maximum Gasteiger partial charge on any atom is 0.411 e. The molecule has 1 fully saturated rings. The molecule has 1 aliphatic heterocycles. The Morgan fingerprint density at radius 2 is 1.78 bits per heavy atom. The smallest absolute Gasteiger partial charge is 0.411 e. The molecule has 1 unspecified atom stereocenters. The Morgan fingerprint density at radius 1 is 1.17 bits per heavy atom. The standard InChI is InChI=1S/C13H23NO4/c1-13(2,3)18-12(17)14-9-7-5-4-6-8-10(14)11(15)16/h10H,4-9H2,1-3H3,(H,15,16). The lowest BCUT2D eigenvalue weighted by atomic mass is 10.0. The molecule has 1 rings (SSSR count). The minimum atomic E-state index is -0.942. The van der Waals surface area contributed by atoms with Crippen molar-refractivity contribution in [2.24, 2.45) is 0 Å². The van der Waals surface area contributed by atoms with Crippen molar-refractivity contribution < 1.29 is 19.4 Å². The molecule has 5 heteroatoms. The Balaban J connectivity index is 2.77. The van der Waals surface area contributed by atoms with Gasteiger partial charge >= 0.3 is 12.1 Å². The van der Waals surface area contributed by atoms with Crippen molar-refractivity contribution in [2.45, 2.75) is 64.5 Å². The van der Waals surface area contributed by atoms with E-state index >= 15 is 0 Å². The number of carbonyl (C=O) groups excluding carboxylic acids is 1. The van der Waals surface area contributed by atoms with Crippen LogP contribution in [0.25, 0.3) is 0 Å². The quantitative estimate of drug-likeness (QED) is 0.784. The number of rotatable bonds is 1. The summed E-state index contributed by atoms with van der Waals surface area (Å²) in [5, 5.41) is 9.22. The van der Waals surface area contributed by atoms with Gasteiger partial charge in [-0.1, -0.05) is 19.3 Å². The van der Waals surface area contributed by atoms with Crippen LogP contribution in [-0.4, -0.2) is 40.3 Å². The molecule has 5 nitrogen and oxygen atoms in total. The van der Waals surface area contributed by atoms with Crippen molar-refractivity contribution in [3.8, 4) is 0 Å². The largest absolute Gasteiger partial charge is 0.480 e. The molecular formula is C13H23NO4. The van der Waals surface area contributed by atoms with E-state index in [9.17, 15) is 14.7 Å². The van der Waals surface area contributed by atoms with Crippen molar-refractivity contribution >= 4 is 12.1 Å². The summed E-state index contributed by atoms with van der Waals surface area (Å²) < 4.78 is 5.28. The molecule has 1 atom stereocenters. The van der Waals surface area contributed by atoms with Gasteiger partial charge in [0.2, 0.25) is 0 Å². The van der Waals surface area contributed by atoms with Crippen LogP contribution in [0, 0.1) is 0 Å². The average molecular weight is 257 g/mol.